The van der Waals surface area contributed by atoms with Crippen molar-refractivity contribution in [1.82, 2.24) is 0 Å². The molecule has 0 amide bonds. The van der Waals surface area contributed by atoms with Crippen LogP contribution in [0.4, 0.5) is 0 Å². The van der Waals surface area contributed by atoms with Crippen molar-refractivity contribution in [2.24, 2.45) is 0 Å². The third kappa shape index (κ3) is 1.86. The Balaban J connectivity index is 2.12. The Morgan fingerprint density at radius 2 is 1.57 bits per heavy atom. The maximum absolute atomic E-state index is 2.77. The molecule has 1 saturated carbocycles. The Morgan fingerprint density at radius 3 is 1.86 bits per heavy atom. The van der Waals surface area contributed by atoms with E-state index in [-0.39, 0.29) is 0 Å². The summed E-state index contributed by atoms with van der Waals surface area (Å²) in [5.41, 5.74) is 0. The van der Waals surface area contributed by atoms with Crippen molar-refractivity contribution in [3.05, 3.63) is 0 Å². The fourth-order valence-electron chi connectivity index (χ4n) is 1.08. The molecule has 0 nitrogen and oxygen atoms in total. The van der Waals surface area contributed by atoms with Crippen molar-refractivity contribution < 1.29 is 0 Å². The van der Waals surface area contributed by atoms with Crippen LogP contribution in [0.1, 0.15) is 32.1 Å². The minimum atomic E-state index is 0.973. The van der Waals surface area contributed by atoms with Crippen LogP contribution in [-0.2, 0) is 0 Å². The SMILES string of the molecule is [As]C1CCCCC1. The first kappa shape index (κ1) is 5.69. The molecule has 1 fully saturated rings. The van der Waals surface area contributed by atoms with Crippen molar-refractivity contribution in [1.29, 1.82) is 0 Å². The van der Waals surface area contributed by atoms with E-state index in [0.717, 1.165) is 4.71 Å². The van der Waals surface area contributed by atoms with Crippen LogP contribution in [0.25, 0.3) is 0 Å². The zero-order valence-electron chi connectivity index (χ0n) is 4.56. The van der Waals surface area contributed by atoms with Gasteiger partial charge in [0.15, 0.2) is 0 Å². The molecule has 1 aliphatic carbocycles. The summed E-state index contributed by atoms with van der Waals surface area (Å²) in [4.78, 5) is 0. The molecule has 0 N–H and O–H groups in total. The van der Waals surface area contributed by atoms with Gasteiger partial charge in [0.05, 0.1) is 0 Å². The van der Waals surface area contributed by atoms with Crippen molar-refractivity contribution in [3.8, 4) is 0 Å². The first-order valence-corrected chi connectivity index (χ1v) is 4.16. The Hall–Kier alpha value is 0.558. The summed E-state index contributed by atoms with van der Waals surface area (Å²) >= 11 is 2.77. The van der Waals surface area contributed by atoms with Gasteiger partial charge in [-0.1, -0.05) is 0 Å². The second kappa shape index (κ2) is 2.77. The van der Waals surface area contributed by atoms with Crippen molar-refractivity contribution in [2.45, 2.75) is 36.8 Å². The Morgan fingerprint density at radius 1 is 1.00 bits per heavy atom. The van der Waals surface area contributed by atoms with Crippen LogP contribution in [0.5, 0.6) is 0 Å². The number of hydrogen-bond acceptors (Lipinski definition) is 0. The van der Waals surface area contributed by atoms with Gasteiger partial charge in [-0.2, -0.15) is 0 Å². The normalized spacial score (nSPS) is 25.3. The van der Waals surface area contributed by atoms with Gasteiger partial charge in [0, 0.05) is 0 Å². The van der Waals surface area contributed by atoms with E-state index in [2.05, 4.69) is 16.9 Å². The number of rotatable bonds is 0. The average molecular weight is 158 g/mol. The third-order valence-corrected chi connectivity index (χ3v) is 2.66. The van der Waals surface area contributed by atoms with Gasteiger partial charge in [-0.05, 0) is 0 Å². The predicted octanol–water partition coefficient (Wildman–Crippen LogP) is 1.91. The van der Waals surface area contributed by atoms with Gasteiger partial charge in [-0.3, -0.25) is 0 Å². The molecular weight excluding hydrogens is 147 g/mol. The van der Waals surface area contributed by atoms with Gasteiger partial charge in [0.25, 0.3) is 0 Å². The second-order valence-electron chi connectivity index (χ2n) is 2.29. The molecule has 2 radical (unpaired) electrons. The molecule has 7 heavy (non-hydrogen) atoms. The molecule has 0 bridgehead atoms. The van der Waals surface area contributed by atoms with Crippen molar-refractivity contribution in [2.75, 3.05) is 0 Å². The molecule has 0 unspecified atom stereocenters. The van der Waals surface area contributed by atoms with E-state index < -0.39 is 0 Å². The van der Waals surface area contributed by atoms with Crippen LogP contribution < -0.4 is 0 Å². The molecule has 40 valence electrons. The quantitative estimate of drug-likeness (QED) is 0.472. The van der Waals surface area contributed by atoms with Gasteiger partial charge >= 0.3 is 53.7 Å². The summed E-state index contributed by atoms with van der Waals surface area (Å²) in [6, 6.07) is 0. The molecule has 1 aliphatic rings. The molecule has 0 aromatic rings. The molecule has 0 aromatic carbocycles. The molecule has 0 aliphatic heterocycles. The van der Waals surface area contributed by atoms with Crippen LogP contribution in [-0.4, -0.2) is 16.9 Å². The van der Waals surface area contributed by atoms with E-state index >= 15 is 0 Å². The van der Waals surface area contributed by atoms with E-state index in [4.69, 9.17) is 0 Å². The minimum absolute atomic E-state index is 0.973. The average Bonchev–Trinajstić information content (AvgIpc) is 1.69. The van der Waals surface area contributed by atoms with Crippen molar-refractivity contribution in [3.63, 3.8) is 0 Å². The van der Waals surface area contributed by atoms with E-state index in [1.165, 1.54) is 32.1 Å². The number of hydrogen-bond donors (Lipinski definition) is 0. The fraction of sp³-hybridized carbons (Fsp3) is 1.00. The van der Waals surface area contributed by atoms with Gasteiger partial charge in [0.1, 0.15) is 0 Å². The summed E-state index contributed by atoms with van der Waals surface area (Å²) in [7, 11) is 0. The third-order valence-electron chi connectivity index (χ3n) is 1.57. The first-order valence-electron chi connectivity index (χ1n) is 3.07. The first-order chi connectivity index (χ1) is 3.39. The molecule has 0 aromatic heterocycles. The zero-order chi connectivity index (χ0) is 5.11. The van der Waals surface area contributed by atoms with Gasteiger partial charge in [-0.25, -0.2) is 0 Å². The van der Waals surface area contributed by atoms with Gasteiger partial charge in [-0.15, -0.1) is 0 Å². The second-order valence-corrected chi connectivity index (χ2v) is 3.82. The van der Waals surface area contributed by atoms with Gasteiger partial charge < -0.3 is 0 Å². The summed E-state index contributed by atoms with van der Waals surface area (Å²) in [5, 5.41) is 0. The summed E-state index contributed by atoms with van der Waals surface area (Å²) in [5.74, 6) is 0. The van der Waals surface area contributed by atoms with Crippen molar-refractivity contribution >= 4 is 16.9 Å². The summed E-state index contributed by atoms with van der Waals surface area (Å²) in [6.07, 6.45) is 7.34. The van der Waals surface area contributed by atoms with E-state index in [1.54, 1.807) is 0 Å². The van der Waals surface area contributed by atoms with E-state index in [9.17, 15) is 0 Å². The van der Waals surface area contributed by atoms with Crippen LogP contribution in [0.3, 0.4) is 0 Å². The molecule has 0 atom stereocenters. The molecule has 1 rings (SSSR count). The molecule has 0 spiro atoms. The van der Waals surface area contributed by atoms with Gasteiger partial charge in [0.2, 0.25) is 0 Å². The zero-order valence-corrected chi connectivity index (χ0v) is 6.44. The molecule has 0 saturated heterocycles. The summed E-state index contributed by atoms with van der Waals surface area (Å²) < 4.78 is 0.973. The Kier molecular flexibility index (Phi) is 2.25. The van der Waals surface area contributed by atoms with E-state index in [1.807, 2.05) is 0 Å². The Bertz CT molecular complexity index is 46.1. The van der Waals surface area contributed by atoms with Crippen LogP contribution >= 0.6 is 0 Å². The molecule has 1 heteroatoms. The predicted molar refractivity (Wildman–Crippen MR) is 32.6 cm³/mol. The van der Waals surface area contributed by atoms with Crippen LogP contribution in [0.15, 0.2) is 0 Å². The molecular formula is C6H11As. The maximum atomic E-state index is 2.77. The Labute approximate surface area is 54.2 Å². The monoisotopic (exact) mass is 158 g/mol. The van der Waals surface area contributed by atoms with E-state index in [0.29, 0.717) is 0 Å². The topological polar surface area (TPSA) is 0 Å². The fourth-order valence-corrected chi connectivity index (χ4v) is 1.85. The summed E-state index contributed by atoms with van der Waals surface area (Å²) in [6.45, 7) is 0. The van der Waals surface area contributed by atoms with Crippen LogP contribution in [0.2, 0.25) is 4.71 Å². The van der Waals surface area contributed by atoms with Crippen LogP contribution in [0, 0.1) is 0 Å². The molecule has 0 heterocycles. The standard InChI is InChI=1S/C6H11As/c7-6-4-2-1-3-5-6/h6H,1-5H2.